The fourth-order valence-electron chi connectivity index (χ4n) is 2.24. The maximum Gasteiger partial charge on any atom is 0.314 e. The summed E-state index contributed by atoms with van der Waals surface area (Å²) in [6, 6.07) is 9.64. The zero-order chi connectivity index (χ0) is 17.9. The molecule has 0 spiro atoms. The van der Waals surface area contributed by atoms with Crippen molar-refractivity contribution in [2.24, 2.45) is 0 Å². The molecule has 2 rings (SSSR count). The van der Waals surface area contributed by atoms with Gasteiger partial charge < -0.3 is 9.47 Å². The van der Waals surface area contributed by atoms with Crippen molar-refractivity contribution in [2.45, 2.75) is 26.9 Å². The maximum atomic E-state index is 12.5. The van der Waals surface area contributed by atoms with Crippen LogP contribution in [0.2, 0.25) is 0 Å². The minimum atomic E-state index is -0.848. The van der Waals surface area contributed by atoms with Crippen LogP contribution < -0.4 is 9.47 Å². The van der Waals surface area contributed by atoms with Gasteiger partial charge in [-0.05, 0) is 50.1 Å². The van der Waals surface area contributed by atoms with Gasteiger partial charge in [-0.2, -0.15) is 0 Å². The topological polar surface area (TPSA) is 78.7 Å². The van der Waals surface area contributed by atoms with Crippen LogP contribution in [0.15, 0.2) is 36.4 Å². The molecule has 0 N–H and O–H groups in total. The standard InChI is InChI=1S/C18H19NO5/c1-11-5-6-14(9-12(11)2)18(20)13(3)24-17-8-7-15(23-4)10-16(17)19(21)22/h5-10,13H,1-4H3/t13-/m0/s1. The predicted octanol–water partition coefficient (Wildman–Crippen LogP) is 3.87. The van der Waals surface area contributed by atoms with E-state index in [1.807, 2.05) is 19.9 Å². The van der Waals surface area contributed by atoms with Gasteiger partial charge in [-0.25, -0.2) is 0 Å². The minimum absolute atomic E-state index is 0.0329. The molecule has 0 saturated carbocycles. The SMILES string of the molecule is COc1ccc(O[C@@H](C)C(=O)c2ccc(C)c(C)c2)c([N+](=O)[O-])c1. The first-order valence-corrected chi connectivity index (χ1v) is 7.44. The quantitative estimate of drug-likeness (QED) is 0.456. The van der Waals surface area contributed by atoms with Gasteiger partial charge in [0, 0.05) is 5.56 Å². The third-order valence-electron chi connectivity index (χ3n) is 3.83. The lowest BCUT2D eigenvalue weighted by molar-refractivity contribution is -0.386. The molecule has 0 aliphatic rings. The molecule has 0 heterocycles. The molecule has 24 heavy (non-hydrogen) atoms. The van der Waals surface area contributed by atoms with Gasteiger partial charge in [-0.1, -0.05) is 12.1 Å². The Hall–Kier alpha value is -2.89. The van der Waals surface area contributed by atoms with Crippen LogP contribution in [0.3, 0.4) is 0 Å². The van der Waals surface area contributed by atoms with E-state index in [-0.39, 0.29) is 17.2 Å². The Kier molecular flexibility index (Phi) is 5.18. The normalized spacial score (nSPS) is 11.7. The number of carbonyl (C=O) groups is 1. The van der Waals surface area contributed by atoms with Gasteiger partial charge in [-0.3, -0.25) is 14.9 Å². The van der Waals surface area contributed by atoms with Crippen molar-refractivity contribution in [1.82, 2.24) is 0 Å². The highest BCUT2D eigenvalue weighted by atomic mass is 16.6. The Balaban J connectivity index is 2.25. The third-order valence-corrected chi connectivity index (χ3v) is 3.83. The van der Waals surface area contributed by atoms with Gasteiger partial charge in [0.2, 0.25) is 5.78 Å². The smallest absolute Gasteiger partial charge is 0.314 e. The molecule has 0 aromatic heterocycles. The van der Waals surface area contributed by atoms with Gasteiger partial charge in [0.15, 0.2) is 11.9 Å². The Morgan fingerprint density at radius 2 is 1.83 bits per heavy atom. The van der Waals surface area contributed by atoms with Gasteiger partial charge >= 0.3 is 5.69 Å². The molecule has 6 nitrogen and oxygen atoms in total. The third kappa shape index (κ3) is 3.71. The van der Waals surface area contributed by atoms with E-state index in [9.17, 15) is 14.9 Å². The monoisotopic (exact) mass is 329 g/mol. The summed E-state index contributed by atoms with van der Waals surface area (Å²) in [4.78, 5) is 23.1. The van der Waals surface area contributed by atoms with E-state index in [0.29, 0.717) is 11.3 Å². The van der Waals surface area contributed by atoms with Crippen molar-refractivity contribution in [2.75, 3.05) is 7.11 Å². The van der Waals surface area contributed by atoms with Gasteiger partial charge in [0.1, 0.15) is 5.75 Å². The lowest BCUT2D eigenvalue weighted by Crippen LogP contribution is -2.24. The largest absolute Gasteiger partial charge is 0.496 e. The fourth-order valence-corrected chi connectivity index (χ4v) is 2.24. The Morgan fingerprint density at radius 1 is 1.12 bits per heavy atom. The first kappa shape index (κ1) is 17.5. The molecule has 0 bridgehead atoms. The summed E-state index contributed by atoms with van der Waals surface area (Å²) in [7, 11) is 1.42. The predicted molar refractivity (Wildman–Crippen MR) is 90.0 cm³/mol. The molecule has 1 atom stereocenters. The lowest BCUT2D eigenvalue weighted by Gasteiger charge is -2.15. The number of rotatable bonds is 6. The van der Waals surface area contributed by atoms with E-state index in [4.69, 9.17) is 9.47 Å². The Morgan fingerprint density at radius 3 is 2.42 bits per heavy atom. The average molecular weight is 329 g/mol. The van der Waals surface area contributed by atoms with Crippen LogP contribution in [0.4, 0.5) is 5.69 Å². The number of aryl methyl sites for hydroxylation is 2. The second kappa shape index (κ2) is 7.12. The van der Waals surface area contributed by atoms with Crippen molar-refractivity contribution in [3.05, 3.63) is 63.2 Å². The molecule has 0 aliphatic carbocycles. The van der Waals surface area contributed by atoms with Crippen molar-refractivity contribution in [3.63, 3.8) is 0 Å². The highest BCUT2D eigenvalue weighted by molar-refractivity contribution is 5.99. The summed E-state index contributed by atoms with van der Waals surface area (Å²) in [5.41, 5.74) is 2.37. The van der Waals surface area contributed by atoms with Crippen LogP contribution in [0.25, 0.3) is 0 Å². The lowest BCUT2D eigenvalue weighted by atomic mass is 10.0. The number of ketones is 1. The summed E-state index contributed by atoms with van der Waals surface area (Å²) >= 11 is 0. The van der Waals surface area contributed by atoms with E-state index in [2.05, 4.69) is 0 Å². The molecule has 0 fully saturated rings. The van der Waals surface area contributed by atoms with Crippen LogP contribution in [0.1, 0.15) is 28.4 Å². The summed E-state index contributed by atoms with van der Waals surface area (Å²) in [6.07, 6.45) is -0.848. The highest BCUT2D eigenvalue weighted by Crippen LogP contribution is 2.32. The number of hydrogen-bond acceptors (Lipinski definition) is 5. The number of Topliss-reactive ketones (excluding diaryl/α,β-unsaturated/α-hetero) is 1. The van der Waals surface area contributed by atoms with E-state index >= 15 is 0 Å². The number of carbonyl (C=O) groups excluding carboxylic acids is 1. The molecule has 0 saturated heterocycles. The number of ether oxygens (including phenoxy) is 2. The van der Waals surface area contributed by atoms with Gasteiger partial charge in [-0.15, -0.1) is 0 Å². The number of hydrogen-bond donors (Lipinski definition) is 0. The molecule has 0 aliphatic heterocycles. The van der Waals surface area contributed by atoms with Crippen LogP contribution in [-0.4, -0.2) is 23.9 Å². The summed E-state index contributed by atoms with van der Waals surface area (Å²) < 4.78 is 10.5. The van der Waals surface area contributed by atoms with Gasteiger partial charge in [0.25, 0.3) is 0 Å². The van der Waals surface area contributed by atoms with E-state index in [0.717, 1.165) is 11.1 Å². The molecular formula is C18H19NO5. The van der Waals surface area contributed by atoms with E-state index in [1.165, 1.54) is 19.2 Å². The number of methoxy groups -OCH3 is 1. The zero-order valence-electron chi connectivity index (χ0n) is 14.0. The average Bonchev–Trinajstić information content (AvgIpc) is 2.56. The number of nitrogens with zero attached hydrogens (tertiary/aromatic N) is 1. The summed E-state index contributed by atoms with van der Waals surface area (Å²) in [5.74, 6) is 0.149. The zero-order valence-corrected chi connectivity index (χ0v) is 14.0. The first-order chi connectivity index (χ1) is 11.3. The van der Waals surface area contributed by atoms with Crippen LogP contribution in [-0.2, 0) is 0 Å². The van der Waals surface area contributed by atoms with Crippen LogP contribution >= 0.6 is 0 Å². The molecule has 6 heteroatoms. The second-order valence-electron chi connectivity index (χ2n) is 5.51. The molecule has 2 aromatic rings. The number of benzene rings is 2. The van der Waals surface area contributed by atoms with Crippen molar-refractivity contribution < 1.29 is 19.2 Å². The Bertz CT molecular complexity index is 785. The number of nitro benzene ring substituents is 1. The molecule has 0 amide bonds. The number of nitro groups is 1. The molecule has 2 aromatic carbocycles. The van der Waals surface area contributed by atoms with E-state index in [1.54, 1.807) is 25.1 Å². The summed E-state index contributed by atoms with van der Waals surface area (Å²) in [6.45, 7) is 5.46. The molecule has 0 unspecified atom stereocenters. The molecule has 126 valence electrons. The van der Waals surface area contributed by atoms with Crippen molar-refractivity contribution in [1.29, 1.82) is 0 Å². The maximum absolute atomic E-state index is 12.5. The van der Waals surface area contributed by atoms with E-state index < -0.39 is 11.0 Å². The highest BCUT2D eigenvalue weighted by Gasteiger charge is 2.23. The van der Waals surface area contributed by atoms with Crippen molar-refractivity contribution in [3.8, 4) is 11.5 Å². The summed E-state index contributed by atoms with van der Waals surface area (Å²) in [5, 5.41) is 11.2. The van der Waals surface area contributed by atoms with Crippen LogP contribution in [0, 0.1) is 24.0 Å². The molecular weight excluding hydrogens is 310 g/mol. The fraction of sp³-hybridized carbons (Fsp3) is 0.278. The van der Waals surface area contributed by atoms with Crippen LogP contribution in [0.5, 0.6) is 11.5 Å². The Labute approximate surface area is 140 Å². The first-order valence-electron chi connectivity index (χ1n) is 7.44. The minimum Gasteiger partial charge on any atom is -0.496 e. The van der Waals surface area contributed by atoms with Crippen molar-refractivity contribution >= 4 is 11.5 Å². The van der Waals surface area contributed by atoms with Gasteiger partial charge in [0.05, 0.1) is 18.1 Å². The molecule has 0 radical (unpaired) electrons. The second-order valence-corrected chi connectivity index (χ2v) is 5.51.